The molecule has 1 heterocycles. The molecule has 1 N–H and O–H groups in total. The molecule has 0 aliphatic heterocycles. The SMILES string of the molecule is C[C@@H]1[C@H](C)CCC[C@@H]1NC(=O)CSc1nnc(-c2ccc(Cl)cc2)o1. The van der Waals surface area contributed by atoms with Crippen LogP contribution >= 0.6 is 23.4 Å². The van der Waals surface area contributed by atoms with E-state index in [0.717, 1.165) is 12.0 Å². The summed E-state index contributed by atoms with van der Waals surface area (Å²) in [7, 11) is 0. The molecule has 1 saturated carbocycles. The maximum atomic E-state index is 12.2. The van der Waals surface area contributed by atoms with Crippen LogP contribution in [0.1, 0.15) is 33.1 Å². The van der Waals surface area contributed by atoms with Gasteiger partial charge in [-0.15, -0.1) is 10.2 Å². The number of benzene rings is 1. The quantitative estimate of drug-likeness (QED) is 0.778. The molecule has 0 radical (unpaired) electrons. The second-order valence-corrected chi connectivity index (χ2v) is 7.97. The number of nitrogens with one attached hydrogen (secondary N) is 1. The second-order valence-electron chi connectivity index (χ2n) is 6.61. The lowest BCUT2D eigenvalue weighted by atomic mass is 9.78. The normalized spacial score (nSPS) is 23.4. The number of rotatable bonds is 5. The minimum Gasteiger partial charge on any atom is -0.411 e. The zero-order valence-corrected chi connectivity index (χ0v) is 15.9. The maximum Gasteiger partial charge on any atom is 0.277 e. The van der Waals surface area contributed by atoms with Crippen molar-refractivity contribution in [2.45, 2.75) is 44.4 Å². The van der Waals surface area contributed by atoms with Gasteiger partial charge in [0.1, 0.15) is 0 Å². The fraction of sp³-hybridized carbons (Fsp3) is 0.500. The minimum atomic E-state index is 0.0159. The van der Waals surface area contributed by atoms with Crippen LogP contribution in [0.25, 0.3) is 11.5 Å². The molecule has 0 saturated heterocycles. The van der Waals surface area contributed by atoms with Gasteiger partial charge in [-0.1, -0.05) is 50.1 Å². The Kier molecular flexibility index (Phi) is 6.02. The molecular weight excluding hydrogens is 358 g/mol. The third-order valence-corrected chi connectivity index (χ3v) is 5.95. The van der Waals surface area contributed by atoms with Gasteiger partial charge in [0.15, 0.2) is 0 Å². The van der Waals surface area contributed by atoms with Gasteiger partial charge < -0.3 is 9.73 Å². The fourth-order valence-corrected chi connectivity index (χ4v) is 3.84. The maximum absolute atomic E-state index is 12.2. The summed E-state index contributed by atoms with van der Waals surface area (Å²) in [6.45, 7) is 4.48. The zero-order valence-electron chi connectivity index (χ0n) is 14.4. The van der Waals surface area contributed by atoms with Crippen molar-refractivity contribution >= 4 is 29.3 Å². The molecule has 7 heteroatoms. The van der Waals surface area contributed by atoms with Crippen LogP contribution in [-0.2, 0) is 4.79 Å². The number of hydrogen-bond donors (Lipinski definition) is 1. The first-order valence-corrected chi connectivity index (χ1v) is 9.91. The predicted octanol–water partition coefficient (Wildman–Crippen LogP) is 4.42. The highest BCUT2D eigenvalue weighted by atomic mass is 35.5. The van der Waals surface area contributed by atoms with Crippen molar-refractivity contribution < 1.29 is 9.21 Å². The Balaban J connectivity index is 1.52. The lowest BCUT2D eigenvalue weighted by molar-refractivity contribution is -0.120. The highest BCUT2D eigenvalue weighted by Gasteiger charge is 2.28. The molecule has 3 rings (SSSR count). The van der Waals surface area contributed by atoms with E-state index in [0.29, 0.717) is 28.0 Å². The molecule has 1 aromatic heterocycles. The summed E-state index contributed by atoms with van der Waals surface area (Å²) in [4.78, 5) is 12.2. The van der Waals surface area contributed by atoms with Gasteiger partial charge in [-0.05, 0) is 42.5 Å². The summed E-state index contributed by atoms with van der Waals surface area (Å²) in [5.74, 6) is 1.89. The van der Waals surface area contributed by atoms with E-state index < -0.39 is 0 Å². The Bertz CT molecular complexity index is 719. The van der Waals surface area contributed by atoms with Crippen LogP contribution in [0, 0.1) is 11.8 Å². The summed E-state index contributed by atoms with van der Waals surface area (Å²) in [6, 6.07) is 7.45. The van der Waals surface area contributed by atoms with Crippen molar-refractivity contribution in [1.29, 1.82) is 0 Å². The topological polar surface area (TPSA) is 68.0 Å². The van der Waals surface area contributed by atoms with E-state index in [9.17, 15) is 4.79 Å². The van der Waals surface area contributed by atoms with Gasteiger partial charge in [0, 0.05) is 16.6 Å². The van der Waals surface area contributed by atoms with Crippen LogP contribution in [0.2, 0.25) is 5.02 Å². The van der Waals surface area contributed by atoms with Crippen molar-refractivity contribution in [1.82, 2.24) is 15.5 Å². The van der Waals surface area contributed by atoms with E-state index in [1.807, 2.05) is 12.1 Å². The minimum absolute atomic E-state index is 0.0159. The number of halogens is 1. The molecule has 3 atom stereocenters. The predicted molar refractivity (Wildman–Crippen MR) is 99.6 cm³/mol. The molecule has 1 aliphatic rings. The molecule has 0 unspecified atom stereocenters. The van der Waals surface area contributed by atoms with E-state index in [1.54, 1.807) is 12.1 Å². The molecule has 1 amide bonds. The molecule has 0 bridgehead atoms. The standard InChI is InChI=1S/C18H22ClN3O2S/c1-11-4-3-5-15(12(11)2)20-16(23)10-25-18-22-21-17(24-18)13-6-8-14(19)9-7-13/h6-9,11-12,15H,3-5,10H2,1-2H3,(H,20,23)/t11-,12-,15+/m1/s1. The van der Waals surface area contributed by atoms with E-state index in [2.05, 4.69) is 29.4 Å². The Morgan fingerprint density at radius 1 is 1.28 bits per heavy atom. The number of carbonyl (C=O) groups is 1. The molecule has 1 fully saturated rings. The van der Waals surface area contributed by atoms with Gasteiger partial charge in [-0.2, -0.15) is 0 Å². The number of hydrogen-bond acceptors (Lipinski definition) is 5. The van der Waals surface area contributed by atoms with Crippen LogP contribution in [-0.4, -0.2) is 27.9 Å². The number of aromatic nitrogens is 2. The van der Waals surface area contributed by atoms with E-state index in [4.69, 9.17) is 16.0 Å². The average Bonchev–Trinajstić information content (AvgIpc) is 3.07. The number of carbonyl (C=O) groups excluding carboxylic acids is 1. The van der Waals surface area contributed by atoms with Gasteiger partial charge in [0.05, 0.1) is 5.75 Å². The summed E-state index contributed by atoms with van der Waals surface area (Å²) in [6.07, 6.45) is 3.48. The lowest BCUT2D eigenvalue weighted by Gasteiger charge is -2.34. The number of thioether (sulfide) groups is 1. The molecular formula is C18H22ClN3O2S. The zero-order chi connectivity index (χ0) is 17.8. The van der Waals surface area contributed by atoms with Crippen molar-refractivity contribution in [2.24, 2.45) is 11.8 Å². The van der Waals surface area contributed by atoms with Crippen LogP contribution in [0.15, 0.2) is 33.9 Å². The Labute approximate surface area is 156 Å². The lowest BCUT2D eigenvalue weighted by Crippen LogP contribution is -2.44. The van der Waals surface area contributed by atoms with E-state index >= 15 is 0 Å². The van der Waals surface area contributed by atoms with Crippen LogP contribution < -0.4 is 5.32 Å². The molecule has 1 aromatic carbocycles. The summed E-state index contributed by atoms with van der Waals surface area (Å²) < 4.78 is 5.61. The Morgan fingerprint density at radius 3 is 2.80 bits per heavy atom. The third-order valence-electron chi connectivity index (χ3n) is 4.88. The summed E-state index contributed by atoms with van der Waals surface area (Å²) in [5, 5.41) is 12.2. The monoisotopic (exact) mass is 379 g/mol. The van der Waals surface area contributed by atoms with Gasteiger partial charge in [-0.3, -0.25) is 4.79 Å². The highest BCUT2D eigenvalue weighted by Crippen LogP contribution is 2.30. The molecule has 0 spiro atoms. The summed E-state index contributed by atoms with van der Waals surface area (Å²) in [5.41, 5.74) is 0.804. The van der Waals surface area contributed by atoms with Crippen LogP contribution in [0.3, 0.4) is 0 Å². The smallest absolute Gasteiger partial charge is 0.277 e. The van der Waals surface area contributed by atoms with Crippen molar-refractivity contribution in [3.63, 3.8) is 0 Å². The first kappa shape index (κ1) is 18.3. The van der Waals surface area contributed by atoms with Gasteiger partial charge in [0.25, 0.3) is 5.22 Å². The number of nitrogens with zero attached hydrogens (tertiary/aromatic N) is 2. The van der Waals surface area contributed by atoms with Gasteiger partial charge in [-0.25, -0.2) is 0 Å². The first-order chi connectivity index (χ1) is 12.0. The largest absolute Gasteiger partial charge is 0.411 e. The van der Waals surface area contributed by atoms with Crippen molar-refractivity contribution in [2.75, 3.05) is 5.75 Å². The third kappa shape index (κ3) is 4.76. The molecule has 2 aromatic rings. The average molecular weight is 380 g/mol. The number of amides is 1. The Morgan fingerprint density at radius 2 is 2.04 bits per heavy atom. The van der Waals surface area contributed by atoms with Crippen LogP contribution in [0.5, 0.6) is 0 Å². The van der Waals surface area contributed by atoms with Gasteiger partial charge >= 0.3 is 0 Å². The molecule has 1 aliphatic carbocycles. The Hall–Kier alpha value is -1.53. The second kappa shape index (κ2) is 8.23. The molecule has 134 valence electrons. The van der Waals surface area contributed by atoms with E-state index in [-0.39, 0.29) is 17.7 Å². The first-order valence-electron chi connectivity index (χ1n) is 8.54. The van der Waals surface area contributed by atoms with Crippen molar-refractivity contribution in [3.8, 4) is 11.5 Å². The molecule has 5 nitrogen and oxygen atoms in total. The summed E-state index contributed by atoms with van der Waals surface area (Å²) >= 11 is 7.13. The van der Waals surface area contributed by atoms with Gasteiger partial charge in [0.2, 0.25) is 11.8 Å². The van der Waals surface area contributed by atoms with E-state index in [1.165, 1.54) is 24.6 Å². The van der Waals surface area contributed by atoms with Crippen LogP contribution in [0.4, 0.5) is 0 Å². The van der Waals surface area contributed by atoms with Crippen molar-refractivity contribution in [3.05, 3.63) is 29.3 Å². The molecule has 25 heavy (non-hydrogen) atoms. The fourth-order valence-electron chi connectivity index (χ4n) is 3.14. The highest BCUT2D eigenvalue weighted by molar-refractivity contribution is 7.99.